The van der Waals surface area contributed by atoms with Crippen LogP contribution in [0.2, 0.25) is 0 Å². The van der Waals surface area contributed by atoms with E-state index < -0.39 is 18.3 Å². The molecule has 5 heteroatoms. The molecule has 0 rings (SSSR count). The third-order valence-corrected chi connectivity index (χ3v) is 0.785. The second kappa shape index (κ2) is 2.72. The molecule has 0 radical (unpaired) electrons. The van der Waals surface area contributed by atoms with Gasteiger partial charge in [-0.05, 0) is 0 Å². The third kappa shape index (κ3) is 2.36. The van der Waals surface area contributed by atoms with Crippen LogP contribution in [0.1, 0.15) is 0 Å². The number of nitrogens with two attached hydrogens (primary N) is 2. The fraction of sp³-hybridized carbons (Fsp3) is 0.500. The van der Waals surface area contributed by atoms with Gasteiger partial charge >= 0.3 is 6.18 Å². The second-order valence-electron chi connectivity index (χ2n) is 1.39. The first-order valence-corrected chi connectivity index (χ1v) is 2.20. The van der Waals surface area contributed by atoms with Crippen LogP contribution in [0, 0.1) is 0 Å². The Morgan fingerprint density at radius 2 is 1.89 bits per heavy atom. The first kappa shape index (κ1) is 8.29. The van der Waals surface area contributed by atoms with E-state index in [1.54, 1.807) is 0 Å². The smallest absolute Gasteiger partial charge is 0.404 e. The molecular formula is C4H7F3N2. The van der Waals surface area contributed by atoms with E-state index in [0.717, 1.165) is 0 Å². The molecule has 0 aliphatic carbocycles. The Morgan fingerprint density at radius 3 is 1.89 bits per heavy atom. The highest BCUT2D eigenvalue weighted by Crippen LogP contribution is 2.23. The van der Waals surface area contributed by atoms with Gasteiger partial charge in [-0.15, -0.1) is 0 Å². The van der Waals surface area contributed by atoms with Crippen molar-refractivity contribution in [2.45, 2.75) is 6.18 Å². The van der Waals surface area contributed by atoms with Gasteiger partial charge in [0.1, 0.15) is 0 Å². The van der Waals surface area contributed by atoms with E-state index >= 15 is 0 Å². The van der Waals surface area contributed by atoms with Gasteiger partial charge < -0.3 is 11.5 Å². The summed E-state index contributed by atoms with van der Waals surface area (Å²) in [7, 11) is 0. The zero-order valence-electron chi connectivity index (χ0n) is 4.57. The van der Waals surface area contributed by atoms with E-state index in [1.807, 2.05) is 0 Å². The van der Waals surface area contributed by atoms with Crippen molar-refractivity contribution >= 4 is 0 Å². The Morgan fingerprint density at radius 1 is 1.44 bits per heavy atom. The molecule has 54 valence electrons. The van der Waals surface area contributed by atoms with Gasteiger partial charge in [0.2, 0.25) is 0 Å². The van der Waals surface area contributed by atoms with Gasteiger partial charge in [-0.2, -0.15) is 13.2 Å². The van der Waals surface area contributed by atoms with Crippen LogP contribution in [0.3, 0.4) is 0 Å². The van der Waals surface area contributed by atoms with Crippen molar-refractivity contribution in [1.29, 1.82) is 0 Å². The molecule has 0 saturated heterocycles. The summed E-state index contributed by atoms with van der Waals surface area (Å²) < 4.78 is 34.5. The highest BCUT2D eigenvalue weighted by atomic mass is 19.4. The van der Waals surface area contributed by atoms with Crippen molar-refractivity contribution in [2.24, 2.45) is 11.5 Å². The predicted molar refractivity (Wildman–Crippen MR) is 27.4 cm³/mol. The number of hydrogen-bond donors (Lipinski definition) is 2. The van der Waals surface area contributed by atoms with Gasteiger partial charge in [0, 0.05) is 12.7 Å². The lowest BCUT2D eigenvalue weighted by Crippen LogP contribution is -2.20. The molecule has 0 atom stereocenters. The normalized spacial score (nSPS) is 14.0. The summed E-state index contributed by atoms with van der Waals surface area (Å²) in [4.78, 5) is 0. The minimum Gasteiger partial charge on any atom is -0.404 e. The van der Waals surface area contributed by atoms with E-state index in [0.29, 0.717) is 6.20 Å². The minimum absolute atomic E-state index is 0.472. The van der Waals surface area contributed by atoms with Crippen LogP contribution in [0.25, 0.3) is 0 Å². The lowest BCUT2D eigenvalue weighted by Gasteiger charge is -2.06. The highest BCUT2D eigenvalue weighted by Gasteiger charge is 2.31. The van der Waals surface area contributed by atoms with E-state index in [4.69, 9.17) is 5.73 Å². The Hall–Kier alpha value is -0.710. The Balaban J connectivity index is 4.14. The molecule has 2 nitrogen and oxygen atoms in total. The van der Waals surface area contributed by atoms with Crippen molar-refractivity contribution in [3.8, 4) is 0 Å². The standard InChI is InChI=1S/C4H7F3N2/c5-4(6,7)3(1-8)2-9/h1H,2,8-9H2/b3-1+. The average molecular weight is 140 g/mol. The molecular weight excluding hydrogens is 133 g/mol. The quantitative estimate of drug-likeness (QED) is 0.552. The SMILES string of the molecule is N/C=C(\CN)C(F)(F)F. The number of rotatable bonds is 1. The number of hydrogen-bond acceptors (Lipinski definition) is 2. The van der Waals surface area contributed by atoms with E-state index in [2.05, 4.69) is 5.73 Å². The molecule has 9 heavy (non-hydrogen) atoms. The maximum Gasteiger partial charge on any atom is 0.415 e. The maximum atomic E-state index is 11.5. The summed E-state index contributed by atoms with van der Waals surface area (Å²) in [6.07, 6.45) is -3.90. The lowest BCUT2D eigenvalue weighted by atomic mass is 10.3. The maximum absolute atomic E-state index is 11.5. The molecule has 0 bridgehead atoms. The molecule has 0 aromatic heterocycles. The zero-order valence-corrected chi connectivity index (χ0v) is 4.57. The Labute approximate surface area is 50.3 Å². The molecule has 0 aliphatic rings. The Kier molecular flexibility index (Phi) is 2.51. The summed E-state index contributed by atoms with van der Waals surface area (Å²) in [5, 5.41) is 0. The second-order valence-corrected chi connectivity index (χ2v) is 1.39. The van der Waals surface area contributed by atoms with Crippen molar-refractivity contribution in [3.63, 3.8) is 0 Å². The average Bonchev–Trinajstić information content (AvgIpc) is 1.65. The van der Waals surface area contributed by atoms with Gasteiger partial charge in [0.25, 0.3) is 0 Å². The van der Waals surface area contributed by atoms with Gasteiger partial charge in [-0.25, -0.2) is 0 Å². The molecule has 0 aliphatic heterocycles. The molecule has 0 fully saturated rings. The van der Waals surface area contributed by atoms with E-state index in [1.165, 1.54) is 0 Å². The first-order chi connectivity index (χ1) is 4.02. The first-order valence-electron chi connectivity index (χ1n) is 2.20. The molecule has 0 amide bonds. The van der Waals surface area contributed by atoms with Crippen molar-refractivity contribution in [2.75, 3.05) is 6.54 Å². The molecule has 0 saturated carbocycles. The largest absolute Gasteiger partial charge is 0.415 e. The lowest BCUT2D eigenvalue weighted by molar-refractivity contribution is -0.0923. The van der Waals surface area contributed by atoms with Crippen LogP contribution >= 0.6 is 0 Å². The molecule has 0 heterocycles. The van der Waals surface area contributed by atoms with Gasteiger partial charge in [-0.1, -0.05) is 0 Å². The summed E-state index contributed by atoms with van der Waals surface area (Å²) in [5.74, 6) is 0. The fourth-order valence-corrected chi connectivity index (χ4v) is 0.278. The van der Waals surface area contributed by atoms with Gasteiger partial charge in [0.05, 0.1) is 5.57 Å². The number of alkyl halides is 3. The molecule has 0 unspecified atom stereocenters. The van der Waals surface area contributed by atoms with Gasteiger partial charge in [0.15, 0.2) is 0 Å². The van der Waals surface area contributed by atoms with Crippen molar-refractivity contribution in [3.05, 3.63) is 11.8 Å². The summed E-state index contributed by atoms with van der Waals surface area (Å²) >= 11 is 0. The van der Waals surface area contributed by atoms with Crippen LogP contribution < -0.4 is 11.5 Å². The van der Waals surface area contributed by atoms with E-state index in [-0.39, 0.29) is 0 Å². The summed E-state index contributed by atoms with van der Waals surface area (Å²) in [6, 6.07) is 0. The van der Waals surface area contributed by atoms with Crippen LogP contribution in [0.5, 0.6) is 0 Å². The monoisotopic (exact) mass is 140 g/mol. The topological polar surface area (TPSA) is 52.0 Å². The van der Waals surface area contributed by atoms with Crippen LogP contribution in [0.15, 0.2) is 11.8 Å². The third-order valence-electron chi connectivity index (χ3n) is 0.785. The minimum atomic E-state index is -4.37. The molecule has 0 aromatic rings. The van der Waals surface area contributed by atoms with Crippen LogP contribution in [-0.4, -0.2) is 12.7 Å². The zero-order chi connectivity index (χ0) is 7.49. The molecule has 0 aromatic carbocycles. The fourth-order valence-electron chi connectivity index (χ4n) is 0.278. The highest BCUT2D eigenvalue weighted by molar-refractivity contribution is 5.07. The number of halogens is 3. The molecule has 4 N–H and O–H groups in total. The van der Waals surface area contributed by atoms with Crippen LogP contribution in [-0.2, 0) is 0 Å². The summed E-state index contributed by atoms with van der Waals surface area (Å²) in [5.41, 5.74) is 8.41. The predicted octanol–water partition coefficient (Wildman–Crippen LogP) is 0.350. The van der Waals surface area contributed by atoms with Crippen molar-refractivity contribution < 1.29 is 13.2 Å². The van der Waals surface area contributed by atoms with E-state index in [9.17, 15) is 13.2 Å². The molecule has 0 spiro atoms. The van der Waals surface area contributed by atoms with Crippen molar-refractivity contribution in [1.82, 2.24) is 0 Å². The summed E-state index contributed by atoms with van der Waals surface area (Å²) in [6.45, 7) is -0.569. The van der Waals surface area contributed by atoms with Crippen LogP contribution in [0.4, 0.5) is 13.2 Å². The van der Waals surface area contributed by atoms with Gasteiger partial charge in [-0.3, -0.25) is 0 Å². The Bertz CT molecular complexity index is 115.